The first-order valence-electron chi connectivity index (χ1n) is 7.85. The zero-order valence-corrected chi connectivity index (χ0v) is 13.8. The molecule has 0 spiro atoms. The van der Waals surface area contributed by atoms with E-state index in [-0.39, 0.29) is 18.9 Å². The quantitative estimate of drug-likeness (QED) is 0.844. The van der Waals surface area contributed by atoms with Gasteiger partial charge in [-0.2, -0.15) is 13.2 Å². The summed E-state index contributed by atoms with van der Waals surface area (Å²) in [5.74, 6) is -0.535. The molecule has 7 heteroatoms. The number of hydrogen-bond acceptors (Lipinski definition) is 2. The van der Waals surface area contributed by atoms with Crippen LogP contribution in [0.3, 0.4) is 0 Å². The van der Waals surface area contributed by atoms with Crippen molar-refractivity contribution in [2.24, 2.45) is 0 Å². The SMILES string of the molecule is CC(=O)N1CCc2ccccc2C1CC(=O)N(C)CCC(F)(F)F. The van der Waals surface area contributed by atoms with Gasteiger partial charge in [0.05, 0.1) is 18.9 Å². The van der Waals surface area contributed by atoms with E-state index in [4.69, 9.17) is 0 Å². The lowest BCUT2D eigenvalue weighted by molar-refractivity contribution is -0.145. The molecule has 1 aliphatic rings. The van der Waals surface area contributed by atoms with Gasteiger partial charge in [0.1, 0.15) is 0 Å². The minimum atomic E-state index is -4.29. The Hall–Kier alpha value is -2.05. The Labute approximate surface area is 139 Å². The predicted octanol–water partition coefficient (Wildman–Crippen LogP) is 2.93. The van der Waals surface area contributed by atoms with E-state index >= 15 is 0 Å². The van der Waals surface area contributed by atoms with Gasteiger partial charge in [-0.3, -0.25) is 9.59 Å². The first-order valence-corrected chi connectivity index (χ1v) is 7.85. The molecule has 1 aliphatic heterocycles. The van der Waals surface area contributed by atoms with Crippen LogP contribution in [0, 0.1) is 0 Å². The molecular formula is C17H21F3N2O2. The highest BCUT2D eigenvalue weighted by atomic mass is 19.4. The summed E-state index contributed by atoms with van der Waals surface area (Å²) in [4.78, 5) is 26.9. The first kappa shape index (κ1) is 18.3. The minimum Gasteiger partial charge on any atom is -0.345 e. The molecule has 0 saturated carbocycles. The maximum Gasteiger partial charge on any atom is 0.390 e. The van der Waals surface area contributed by atoms with Crippen LogP contribution in [-0.2, 0) is 16.0 Å². The van der Waals surface area contributed by atoms with Gasteiger partial charge in [-0.15, -0.1) is 0 Å². The number of halogens is 3. The van der Waals surface area contributed by atoms with Crippen LogP contribution < -0.4 is 0 Å². The van der Waals surface area contributed by atoms with E-state index in [1.807, 2.05) is 24.3 Å². The summed E-state index contributed by atoms with van der Waals surface area (Å²) in [6, 6.07) is 7.15. The van der Waals surface area contributed by atoms with Crippen molar-refractivity contribution in [1.29, 1.82) is 0 Å². The smallest absolute Gasteiger partial charge is 0.345 e. The number of rotatable bonds is 4. The highest BCUT2D eigenvalue weighted by Gasteiger charge is 2.32. The molecule has 0 N–H and O–H groups in total. The Balaban J connectivity index is 2.12. The van der Waals surface area contributed by atoms with Gasteiger partial charge in [0.2, 0.25) is 11.8 Å². The van der Waals surface area contributed by atoms with Crippen LogP contribution in [0.2, 0.25) is 0 Å². The molecule has 1 atom stereocenters. The van der Waals surface area contributed by atoms with E-state index in [1.165, 1.54) is 14.0 Å². The Morgan fingerprint density at radius 3 is 2.58 bits per heavy atom. The summed E-state index contributed by atoms with van der Waals surface area (Å²) < 4.78 is 36.9. The summed E-state index contributed by atoms with van der Waals surface area (Å²) in [6.45, 7) is 1.58. The molecule has 4 nitrogen and oxygen atoms in total. The lowest BCUT2D eigenvalue weighted by Gasteiger charge is -2.37. The molecule has 0 aliphatic carbocycles. The molecule has 0 radical (unpaired) electrons. The predicted molar refractivity (Wildman–Crippen MR) is 83.2 cm³/mol. The van der Waals surface area contributed by atoms with Crippen molar-refractivity contribution in [2.45, 2.75) is 38.4 Å². The standard InChI is InChI=1S/C17H21F3N2O2/c1-12(23)22-9-7-13-5-3-4-6-14(13)15(22)11-16(24)21(2)10-8-17(18,19)20/h3-6,15H,7-11H2,1-2H3. The minimum absolute atomic E-state index is 0.00898. The molecule has 132 valence electrons. The maximum absolute atomic E-state index is 12.3. The van der Waals surface area contributed by atoms with E-state index in [2.05, 4.69) is 0 Å². The van der Waals surface area contributed by atoms with Crippen LogP contribution in [0.1, 0.15) is 36.9 Å². The fraction of sp³-hybridized carbons (Fsp3) is 0.529. The van der Waals surface area contributed by atoms with Gasteiger partial charge >= 0.3 is 6.18 Å². The third kappa shape index (κ3) is 4.49. The van der Waals surface area contributed by atoms with E-state index in [0.29, 0.717) is 13.0 Å². The monoisotopic (exact) mass is 342 g/mol. The number of nitrogens with zero attached hydrogens (tertiary/aromatic N) is 2. The van der Waals surface area contributed by atoms with Crippen molar-refractivity contribution in [1.82, 2.24) is 9.80 Å². The largest absolute Gasteiger partial charge is 0.390 e. The highest BCUT2D eigenvalue weighted by molar-refractivity contribution is 5.79. The molecular weight excluding hydrogens is 321 g/mol. The van der Waals surface area contributed by atoms with Gasteiger partial charge in [0.25, 0.3) is 0 Å². The van der Waals surface area contributed by atoms with Crippen LogP contribution in [-0.4, -0.2) is 47.9 Å². The second kappa shape index (κ2) is 7.23. The highest BCUT2D eigenvalue weighted by Crippen LogP contribution is 2.32. The van der Waals surface area contributed by atoms with Crippen molar-refractivity contribution in [3.63, 3.8) is 0 Å². The number of alkyl halides is 3. The van der Waals surface area contributed by atoms with Gasteiger partial charge in [-0.1, -0.05) is 24.3 Å². The van der Waals surface area contributed by atoms with E-state index in [0.717, 1.165) is 16.0 Å². The fourth-order valence-electron chi connectivity index (χ4n) is 2.99. The van der Waals surface area contributed by atoms with Gasteiger partial charge in [0, 0.05) is 27.1 Å². The van der Waals surface area contributed by atoms with E-state index in [1.54, 1.807) is 4.90 Å². The average molecular weight is 342 g/mol. The van der Waals surface area contributed by atoms with E-state index < -0.39 is 24.5 Å². The summed E-state index contributed by atoms with van der Waals surface area (Å²) in [7, 11) is 1.36. The maximum atomic E-state index is 12.3. The molecule has 0 fully saturated rings. The van der Waals surface area contributed by atoms with Gasteiger partial charge in [0.15, 0.2) is 0 Å². The molecule has 1 heterocycles. The zero-order chi connectivity index (χ0) is 17.9. The van der Waals surface area contributed by atoms with Gasteiger partial charge < -0.3 is 9.80 Å². The van der Waals surface area contributed by atoms with E-state index in [9.17, 15) is 22.8 Å². The van der Waals surface area contributed by atoms with Crippen molar-refractivity contribution in [3.05, 3.63) is 35.4 Å². The van der Waals surface area contributed by atoms with Crippen LogP contribution in [0.5, 0.6) is 0 Å². The molecule has 0 saturated heterocycles. The molecule has 1 unspecified atom stereocenters. The Morgan fingerprint density at radius 2 is 1.96 bits per heavy atom. The number of carbonyl (C=O) groups is 2. The zero-order valence-electron chi connectivity index (χ0n) is 13.8. The fourth-order valence-corrected chi connectivity index (χ4v) is 2.99. The van der Waals surface area contributed by atoms with Gasteiger partial charge in [-0.05, 0) is 17.5 Å². The summed E-state index contributed by atoms with van der Waals surface area (Å²) >= 11 is 0. The topological polar surface area (TPSA) is 40.6 Å². The summed E-state index contributed by atoms with van der Waals surface area (Å²) in [6.07, 6.45) is -4.63. The average Bonchev–Trinajstić information content (AvgIpc) is 2.51. The lowest BCUT2D eigenvalue weighted by Crippen LogP contribution is -2.41. The molecule has 2 amide bonds. The molecule has 0 aromatic heterocycles. The summed E-state index contributed by atoms with van der Waals surface area (Å²) in [5.41, 5.74) is 1.97. The number of amides is 2. The molecule has 24 heavy (non-hydrogen) atoms. The van der Waals surface area contributed by atoms with Crippen molar-refractivity contribution < 1.29 is 22.8 Å². The summed E-state index contributed by atoms with van der Waals surface area (Å²) in [5, 5.41) is 0. The van der Waals surface area contributed by atoms with Crippen molar-refractivity contribution in [2.75, 3.05) is 20.1 Å². The number of carbonyl (C=O) groups excluding carboxylic acids is 2. The molecule has 0 bridgehead atoms. The molecule has 2 rings (SSSR count). The number of benzene rings is 1. The third-order valence-electron chi connectivity index (χ3n) is 4.34. The van der Waals surface area contributed by atoms with Crippen LogP contribution in [0.25, 0.3) is 0 Å². The first-order chi connectivity index (χ1) is 11.2. The number of fused-ring (bicyclic) bond motifs is 1. The van der Waals surface area contributed by atoms with Crippen molar-refractivity contribution in [3.8, 4) is 0 Å². The second-order valence-electron chi connectivity index (χ2n) is 6.06. The molecule has 1 aromatic rings. The Morgan fingerprint density at radius 1 is 1.29 bits per heavy atom. The number of hydrogen-bond donors (Lipinski definition) is 0. The van der Waals surface area contributed by atoms with Crippen molar-refractivity contribution >= 4 is 11.8 Å². The Bertz CT molecular complexity index is 616. The second-order valence-corrected chi connectivity index (χ2v) is 6.06. The Kier molecular flexibility index (Phi) is 5.51. The lowest BCUT2D eigenvalue weighted by atomic mass is 9.90. The van der Waals surface area contributed by atoms with Crippen LogP contribution in [0.4, 0.5) is 13.2 Å². The normalized spacial score (nSPS) is 17.4. The third-order valence-corrected chi connectivity index (χ3v) is 4.34. The van der Waals surface area contributed by atoms with Crippen LogP contribution >= 0.6 is 0 Å². The van der Waals surface area contributed by atoms with Gasteiger partial charge in [-0.25, -0.2) is 0 Å². The molecule has 1 aromatic carbocycles. The van der Waals surface area contributed by atoms with Crippen LogP contribution in [0.15, 0.2) is 24.3 Å².